The molecule has 0 N–H and O–H groups in total. The highest BCUT2D eigenvalue weighted by molar-refractivity contribution is 7.99. The van der Waals surface area contributed by atoms with Crippen LogP contribution in [0.25, 0.3) is 0 Å². The van der Waals surface area contributed by atoms with Crippen molar-refractivity contribution >= 4 is 35.8 Å². The van der Waals surface area contributed by atoms with Crippen LogP contribution >= 0.6 is 35.8 Å². The summed E-state index contributed by atoms with van der Waals surface area (Å²) >= 11 is 7.84. The summed E-state index contributed by atoms with van der Waals surface area (Å²) in [6.45, 7) is 0.969. The predicted molar refractivity (Wildman–Crippen MR) is 86.7 cm³/mol. The van der Waals surface area contributed by atoms with Crippen molar-refractivity contribution in [2.24, 2.45) is 0 Å². The molecule has 0 aliphatic carbocycles. The molecule has 2 aromatic carbocycles. The zero-order valence-electron chi connectivity index (χ0n) is 11.0. The van der Waals surface area contributed by atoms with Gasteiger partial charge in [-0.25, -0.2) is 0 Å². The van der Waals surface area contributed by atoms with E-state index in [4.69, 9.17) is 11.6 Å². The average molecular weight is 314 g/mol. The largest absolute Gasteiger partial charge is 0.305 e. The Morgan fingerprint density at radius 3 is 2.21 bits per heavy atom. The lowest BCUT2D eigenvalue weighted by Gasteiger charge is -2.10. The van der Waals surface area contributed by atoms with E-state index in [9.17, 15) is 0 Å². The molecule has 0 fully saturated rings. The van der Waals surface area contributed by atoms with Crippen molar-refractivity contribution in [1.82, 2.24) is 4.90 Å². The molecule has 0 aliphatic rings. The molecule has 0 heterocycles. The molecule has 102 valence electrons. The van der Waals surface area contributed by atoms with E-state index in [0.717, 1.165) is 16.5 Å². The van der Waals surface area contributed by atoms with Crippen molar-refractivity contribution < 1.29 is 0 Å². The van der Waals surface area contributed by atoms with E-state index in [1.165, 1.54) is 10.5 Å². The maximum atomic E-state index is 6.15. The van der Waals surface area contributed by atoms with Crippen LogP contribution in [-0.2, 0) is 6.54 Å². The van der Waals surface area contributed by atoms with Crippen LogP contribution in [0.2, 0.25) is 5.02 Å². The standard InChI is InChI=1S/C15H16ClNS.ClH/c1-17(2)11-12-7-9-13(10-8-12)18-15-6-4-3-5-14(15)16;/h3-10H,11H2,1-2H3;1H. The molecular formula is C15H17Cl2NS. The van der Waals surface area contributed by atoms with Crippen molar-refractivity contribution in [3.8, 4) is 0 Å². The lowest BCUT2D eigenvalue weighted by Crippen LogP contribution is -2.10. The molecule has 4 heteroatoms. The van der Waals surface area contributed by atoms with Gasteiger partial charge < -0.3 is 4.90 Å². The van der Waals surface area contributed by atoms with Crippen LogP contribution in [0.1, 0.15) is 5.56 Å². The zero-order valence-corrected chi connectivity index (χ0v) is 13.4. The molecular weight excluding hydrogens is 297 g/mol. The molecule has 0 bridgehead atoms. The van der Waals surface area contributed by atoms with Gasteiger partial charge in [0.2, 0.25) is 0 Å². The molecule has 19 heavy (non-hydrogen) atoms. The Bertz CT molecular complexity index is 512. The number of halogens is 2. The molecule has 1 nitrogen and oxygen atoms in total. The van der Waals surface area contributed by atoms with Gasteiger partial charge in [-0.3, -0.25) is 0 Å². The summed E-state index contributed by atoms with van der Waals surface area (Å²) < 4.78 is 0. The fourth-order valence-corrected chi connectivity index (χ4v) is 2.77. The van der Waals surface area contributed by atoms with E-state index in [-0.39, 0.29) is 12.4 Å². The lowest BCUT2D eigenvalue weighted by atomic mass is 10.2. The minimum atomic E-state index is 0. The van der Waals surface area contributed by atoms with E-state index in [0.29, 0.717) is 0 Å². The van der Waals surface area contributed by atoms with Crippen LogP contribution in [0.5, 0.6) is 0 Å². The van der Waals surface area contributed by atoms with Crippen LogP contribution in [-0.4, -0.2) is 19.0 Å². The van der Waals surface area contributed by atoms with Gasteiger partial charge in [0.25, 0.3) is 0 Å². The van der Waals surface area contributed by atoms with Crippen LogP contribution in [0, 0.1) is 0 Å². The fraction of sp³-hybridized carbons (Fsp3) is 0.200. The highest BCUT2D eigenvalue weighted by Gasteiger charge is 2.02. The molecule has 0 atom stereocenters. The lowest BCUT2D eigenvalue weighted by molar-refractivity contribution is 0.402. The first-order valence-electron chi connectivity index (χ1n) is 5.81. The second-order valence-electron chi connectivity index (χ2n) is 4.41. The first kappa shape index (κ1) is 16.4. The van der Waals surface area contributed by atoms with Gasteiger partial charge in [0.15, 0.2) is 0 Å². The molecule has 0 radical (unpaired) electrons. The van der Waals surface area contributed by atoms with Gasteiger partial charge in [0.1, 0.15) is 0 Å². The SMILES string of the molecule is CN(C)Cc1ccc(Sc2ccccc2Cl)cc1.Cl. The summed E-state index contributed by atoms with van der Waals surface area (Å²) in [5.41, 5.74) is 1.32. The average Bonchev–Trinajstić information content (AvgIpc) is 2.34. The minimum absolute atomic E-state index is 0. The van der Waals surface area contributed by atoms with Crippen LogP contribution in [0.3, 0.4) is 0 Å². The van der Waals surface area contributed by atoms with Crippen LogP contribution in [0.4, 0.5) is 0 Å². The van der Waals surface area contributed by atoms with Gasteiger partial charge >= 0.3 is 0 Å². The van der Waals surface area contributed by atoms with Gasteiger partial charge in [-0.2, -0.15) is 0 Å². The van der Waals surface area contributed by atoms with Gasteiger partial charge in [-0.15, -0.1) is 12.4 Å². The maximum absolute atomic E-state index is 6.15. The summed E-state index contributed by atoms with van der Waals surface area (Å²) in [5, 5.41) is 0.805. The minimum Gasteiger partial charge on any atom is -0.305 e. The molecule has 0 aromatic heterocycles. The Morgan fingerprint density at radius 1 is 1.00 bits per heavy atom. The molecule has 2 aromatic rings. The smallest absolute Gasteiger partial charge is 0.0545 e. The second-order valence-corrected chi connectivity index (χ2v) is 5.94. The Hall–Kier alpha value is -0.670. The summed E-state index contributed by atoms with van der Waals surface area (Å²) in [6, 6.07) is 16.5. The van der Waals surface area contributed by atoms with Crippen molar-refractivity contribution in [1.29, 1.82) is 0 Å². The molecule has 0 amide bonds. The maximum Gasteiger partial charge on any atom is 0.0545 e. The highest BCUT2D eigenvalue weighted by atomic mass is 35.5. The molecule has 0 aliphatic heterocycles. The first-order valence-corrected chi connectivity index (χ1v) is 7.00. The summed E-state index contributed by atoms with van der Waals surface area (Å²) in [7, 11) is 4.15. The zero-order chi connectivity index (χ0) is 13.0. The normalized spacial score (nSPS) is 10.3. The Morgan fingerprint density at radius 2 is 1.63 bits per heavy atom. The van der Waals surface area contributed by atoms with Crippen LogP contribution < -0.4 is 0 Å². The van der Waals surface area contributed by atoms with Gasteiger partial charge in [0.05, 0.1) is 5.02 Å². The van der Waals surface area contributed by atoms with E-state index < -0.39 is 0 Å². The Kier molecular flexibility index (Phi) is 6.73. The van der Waals surface area contributed by atoms with Gasteiger partial charge in [0, 0.05) is 16.3 Å². The van der Waals surface area contributed by atoms with E-state index in [1.807, 2.05) is 24.3 Å². The predicted octanol–water partition coefficient (Wildman–Crippen LogP) is 4.97. The molecule has 0 saturated heterocycles. The molecule has 0 spiro atoms. The monoisotopic (exact) mass is 313 g/mol. The Balaban J connectivity index is 0.00000180. The quantitative estimate of drug-likeness (QED) is 0.783. The van der Waals surface area contributed by atoms with Gasteiger partial charge in [-0.05, 0) is 43.9 Å². The number of hydrogen-bond acceptors (Lipinski definition) is 2. The molecule has 0 saturated carbocycles. The Labute approximate surface area is 130 Å². The number of rotatable bonds is 4. The summed E-state index contributed by atoms with van der Waals surface area (Å²) in [5.74, 6) is 0. The number of nitrogens with zero attached hydrogens (tertiary/aromatic N) is 1. The summed E-state index contributed by atoms with van der Waals surface area (Å²) in [4.78, 5) is 4.47. The summed E-state index contributed by atoms with van der Waals surface area (Å²) in [6.07, 6.45) is 0. The first-order chi connectivity index (χ1) is 8.65. The van der Waals surface area contributed by atoms with Crippen LogP contribution in [0.15, 0.2) is 58.3 Å². The topological polar surface area (TPSA) is 3.24 Å². The molecule has 0 unspecified atom stereocenters. The highest BCUT2D eigenvalue weighted by Crippen LogP contribution is 2.32. The molecule has 2 rings (SSSR count). The fourth-order valence-electron chi connectivity index (χ4n) is 1.68. The van der Waals surface area contributed by atoms with E-state index in [2.05, 4.69) is 43.3 Å². The third-order valence-corrected chi connectivity index (χ3v) is 4.01. The third kappa shape index (κ3) is 5.07. The third-order valence-electron chi connectivity index (χ3n) is 2.49. The second kappa shape index (κ2) is 7.81. The number of benzene rings is 2. The van der Waals surface area contributed by atoms with Crippen molar-refractivity contribution in [3.05, 3.63) is 59.1 Å². The van der Waals surface area contributed by atoms with Crippen molar-refractivity contribution in [2.75, 3.05) is 14.1 Å². The van der Waals surface area contributed by atoms with E-state index in [1.54, 1.807) is 11.8 Å². The van der Waals surface area contributed by atoms with Crippen molar-refractivity contribution in [3.63, 3.8) is 0 Å². The van der Waals surface area contributed by atoms with Crippen molar-refractivity contribution in [2.45, 2.75) is 16.3 Å². The number of hydrogen-bond donors (Lipinski definition) is 0. The van der Waals surface area contributed by atoms with Gasteiger partial charge in [-0.1, -0.05) is 47.6 Å². The van der Waals surface area contributed by atoms with E-state index >= 15 is 0 Å².